The maximum atomic E-state index is 12.6. The van der Waals surface area contributed by atoms with Gasteiger partial charge < -0.3 is 10.2 Å². The summed E-state index contributed by atoms with van der Waals surface area (Å²) in [5, 5.41) is 3.46. The van der Waals surface area contributed by atoms with E-state index in [4.69, 9.17) is 0 Å². The van der Waals surface area contributed by atoms with Gasteiger partial charge in [-0.25, -0.2) is 0 Å². The molecule has 1 amide bonds. The molecule has 4 heteroatoms. The van der Waals surface area contributed by atoms with E-state index in [0.717, 1.165) is 32.6 Å². The Balaban J connectivity index is 1.59. The molecule has 0 aliphatic carbocycles. The average Bonchev–Trinajstić information content (AvgIpc) is 2.55. The third-order valence-corrected chi connectivity index (χ3v) is 5.94. The van der Waals surface area contributed by atoms with E-state index < -0.39 is 0 Å². The largest absolute Gasteiger partial charge is 0.338 e. The van der Waals surface area contributed by atoms with Crippen molar-refractivity contribution in [1.29, 1.82) is 0 Å². The molecule has 0 aromatic heterocycles. The van der Waals surface area contributed by atoms with E-state index in [0.29, 0.717) is 24.2 Å². The fourth-order valence-electron chi connectivity index (χ4n) is 3.71. The van der Waals surface area contributed by atoms with Gasteiger partial charge in [0, 0.05) is 24.0 Å². The number of amides is 1. The Hall–Kier alpha value is -0.870. The second kappa shape index (κ2) is 7.14. The van der Waals surface area contributed by atoms with E-state index in [2.05, 4.69) is 46.4 Å². The van der Waals surface area contributed by atoms with Crippen molar-refractivity contribution in [2.24, 2.45) is 11.8 Å². The van der Waals surface area contributed by atoms with Gasteiger partial charge in [0.25, 0.3) is 0 Å². The lowest BCUT2D eigenvalue weighted by molar-refractivity contribution is -0.133. The predicted molar refractivity (Wildman–Crippen MR) is 92.6 cm³/mol. The highest BCUT2D eigenvalue weighted by Gasteiger charge is 2.26. The van der Waals surface area contributed by atoms with Gasteiger partial charge in [0.05, 0.1) is 0 Å². The van der Waals surface area contributed by atoms with Crippen molar-refractivity contribution in [1.82, 2.24) is 10.2 Å². The summed E-state index contributed by atoms with van der Waals surface area (Å²) in [6.07, 6.45) is 4.16. The van der Waals surface area contributed by atoms with E-state index in [1.54, 1.807) is 0 Å². The van der Waals surface area contributed by atoms with Crippen LogP contribution in [0, 0.1) is 11.8 Å². The highest BCUT2D eigenvalue weighted by molar-refractivity contribution is 9.10. The normalized spacial score (nSPS) is 23.0. The lowest BCUT2D eigenvalue weighted by Crippen LogP contribution is -2.39. The SMILES string of the molecule is CC(CC(=O)N1CCc2c(Br)cccc2C1)C1CCCNC1. The smallest absolute Gasteiger partial charge is 0.223 e. The fourth-order valence-corrected chi connectivity index (χ4v) is 4.32. The lowest BCUT2D eigenvalue weighted by Gasteiger charge is -2.32. The number of rotatable bonds is 3. The standard InChI is InChI=1S/C18H25BrN2O/c1-13(14-5-3-8-20-11-14)10-18(22)21-9-7-16-15(12-21)4-2-6-17(16)19/h2,4,6,13-14,20H,3,5,7-12H2,1H3. The molecule has 1 N–H and O–H groups in total. The maximum Gasteiger partial charge on any atom is 0.223 e. The van der Waals surface area contributed by atoms with Gasteiger partial charge in [0.2, 0.25) is 5.91 Å². The van der Waals surface area contributed by atoms with Crippen LogP contribution in [0.25, 0.3) is 0 Å². The molecule has 22 heavy (non-hydrogen) atoms. The van der Waals surface area contributed by atoms with Gasteiger partial charge in [0.15, 0.2) is 0 Å². The maximum absolute atomic E-state index is 12.6. The summed E-state index contributed by atoms with van der Waals surface area (Å²) in [5.74, 6) is 1.46. The number of hydrogen-bond donors (Lipinski definition) is 1. The zero-order chi connectivity index (χ0) is 15.5. The number of halogens is 1. The summed E-state index contributed by atoms with van der Waals surface area (Å²) in [6.45, 7) is 6.07. The molecule has 1 fully saturated rings. The van der Waals surface area contributed by atoms with E-state index >= 15 is 0 Å². The fraction of sp³-hybridized carbons (Fsp3) is 0.611. The van der Waals surface area contributed by atoms with E-state index in [1.807, 2.05) is 4.90 Å². The van der Waals surface area contributed by atoms with Crippen LogP contribution < -0.4 is 5.32 Å². The third kappa shape index (κ3) is 3.54. The van der Waals surface area contributed by atoms with Gasteiger partial charge in [-0.2, -0.15) is 0 Å². The molecular formula is C18H25BrN2O. The Labute approximate surface area is 141 Å². The minimum atomic E-state index is 0.323. The Morgan fingerprint density at radius 2 is 2.36 bits per heavy atom. The Kier molecular flexibility index (Phi) is 5.19. The van der Waals surface area contributed by atoms with Crippen molar-refractivity contribution in [3.05, 3.63) is 33.8 Å². The summed E-state index contributed by atoms with van der Waals surface area (Å²) < 4.78 is 1.18. The monoisotopic (exact) mass is 364 g/mol. The van der Waals surface area contributed by atoms with Crippen molar-refractivity contribution in [2.75, 3.05) is 19.6 Å². The number of hydrogen-bond acceptors (Lipinski definition) is 2. The molecule has 2 aliphatic rings. The number of piperidine rings is 1. The van der Waals surface area contributed by atoms with Gasteiger partial charge >= 0.3 is 0 Å². The van der Waals surface area contributed by atoms with Crippen LogP contribution in [0.4, 0.5) is 0 Å². The second-order valence-corrected chi connectivity index (χ2v) is 7.58. The van der Waals surface area contributed by atoms with Gasteiger partial charge in [-0.1, -0.05) is 35.0 Å². The van der Waals surface area contributed by atoms with Crippen molar-refractivity contribution < 1.29 is 4.79 Å². The van der Waals surface area contributed by atoms with Crippen molar-refractivity contribution >= 4 is 21.8 Å². The highest BCUT2D eigenvalue weighted by atomic mass is 79.9. The molecule has 1 aromatic carbocycles. The van der Waals surface area contributed by atoms with Crippen LogP contribution in [0.1, 0.15) is 37.3 Å². The summed E-state index contributed by atoms with van der Waals surface area (Å²) in [7, 11) is 0. The number of nitrogens with zero attached hydrogens (tertiary/aromatic N) is 1. The number of nitrogens with one attached hydrogen (secondary N) is 1. The Morgan fingerprint density at radius 3 is 3.14 bits per heavy atom. The van der Waals surface area contributed by atoms with Crippen LogP contribution in [0.5, 0.6) is 0 Å². The number of benzene rings is 1. The van der Waals surface area contributed by atoms with Crippen LogP contribution in [-0.2, 0) is 17.8 Å². The molecule has 2 aliphatic heterocycles. The van der Waals surface area contributed by atoms with Crippen LogP contribution >= 0.6 is 15.9 Å². The molecule has 3 nitrogen and oxygen atoms in total. The van der Waals surface area contributed by atoms with Gasteiger partial charge in [-0.3, -0.25) is 4.79 Å². The molecule has 120 valence electrons. The topological polar surface area (TPSA) is 32.3 Å². The molecule has 3 rings (SSSR count). The summed E-state index contributed by atoms with van der Waals surface area (Å²) in [5.41, 5.74) is 2.66. The van der Waals surface area contributed by atoms with Crippen molar-refractivity contribution in [2.45, 2.75) is 39.2 Å². The van der Waals surface area contributed by atoms with Crippen LogP contribution in [0.2, 0.25) is 0 Å². The highest BCUT2D eigenvalue weighted by Crippen LogP contribution is 2.28. The molecule has 2 unspecified atom stereocenters. The summed E-state index contributed by atoms with van der Waals surface area (Å²) in [6, 6.07) is 6.30. The summed E-state index contributed by atoms with van der Waals surface area (Å²) >= 11 is 3.62. The molecule has 0 saturated carbocycles. The summed E-state index contributed by atoms with van der Waals surface area (Å²) in [4.78, 5) is 14.7. The van der Waals surface area contributed by atoms with Gasteiger partial charge in [-0.05, 0) is 61.4 Å². The molecule has 0 radical (unpaired) electrons. The molecule has 2 atom stereocenters. The van der Waals surface area contributed by atoms with E-state index in [-0.39, 0.29) is 0 Å². The first-order valence-corrected chi connectivity index (χ1v) is 9.19. The van der Waals surface area contributed by atoms with Gasteiger partial charge in [-0.15, -0.1) is 0 Å². The van der Waals surface area contributed by atoms with Crippen molar-refractivity contribution in [3.8, 4) is 0 Å². The van der Waals surface area contributed by atoms with Crippen LogP contribution in [0.3, 0.4) is 0 Å². The van der Waals surface area contributed by atoms with Crippen LogP contribution in [0.15, 0.2) is 22.7 Å². The Morgan fingerprint density at radius 1 is 1.50 bits per heavy atom. The number of fused-ring (bicyclic) bond motifs is 1. The third-order valence-electron chi connectivity index (χ3n) is 5.20. The average molecular weight is 365 g/mol. The Bertz CT molecular complexity index is 540. The lowest BCUT2D eigenvalue weighted by atomic mass is 9.85. The minimum absolute atomic E-state index is 0.323. The first-order chi connectivity index (χ1) is 10.6. The molecule has 1 saturated heterocycles. The van der Waals surface area contributed by atoms with Crippen LogP contribution in [-0.4, -0.2) is 30.4 Å². The van der Waals surface area contributed by atoms with E-state index in [1.165, 1.54) is 28.4 Å². The molecule has 1 aromatic rings. The number of carbonyl (C=O) groups is 1. The molecule has 0 bridgehead atoms. The van der Waals surface area contributed by atoms with Gasteiger partial charge in [0.1, 0.15) is 0 Å². The zero-order valence-electron chi connectivity index (χ0n) is 13.3. The quantitative estimate of drug-likeness (QED) is 0.891. The first-order valence-electron chi connectivity index (χ1n) is 8.40. The van der Waals surface area contributed by atoms with E-state index in [9.17, 15) is 4.79 Å². The minimum Gasteiger partial charge on any atom is -0.338 e. The first kappa shape index (κ1) is 16.0. The molecule has 2 heterocycles. The predicted octanol–water partition coefficient (Wildman–Crippen LogP) is 3.36. The zero-order valence-corrected chi connectivity index (χ0v) is 14.9. The second-order valence-electron chi connectivity index (χ2n) is 6.73. The molecular weight excluding hydrogens is 340 g/mol. The molecule has 0 spiro atoms. The van der Waals surface area contributed by atoms with Crippen molar-refractivity contribution in [3.63, 3.8) is 0 Å². The number of carbonyl (C=O) groups excluding carboxylic acids is 1.